The number of H-pyrrole nitrogens is 1. The smallest absolute Gasteiger partial charge is 0.177 e. The minimum absolute atomic E-state index is 0.350. The van der Waals surface area contributed by atoms with Gasteiger partial charge in [0, 0.05) is 6.20 Å². The normalized spacial score (nSPS) is 26.1. The number of pyridine rings is 1. The maximum atomic E-state index is 4.56. The molecule has 84 valence electrons. The Morgan fingerprint density at radius 3 is 3.19 bits per heavy atom. The first-order chi connectivity index (χ1) is 7.84. The van der Waals surface area contributed by atoms with Gasteiger partial charge in [0.05, 0.1) is 11.6 Å². The number of imidazole rings is 1. The van der Waals surface area contributed by atoms with Crippen LogP contribution in [0.4, 0.5) is 0 Å². The lowest BCUT2D eigenvalue weighted by molar-refractivity contribution is 0.296. The molecule has 4 heteroatoms. The number of hydrogen-bond donors (Lipinski definition) is 2. The van der Waals surface area contributed by atoms with Crippen molar-refractivity contribution in [2.75, 3.05) is 6.54 Å². The fourth-order valence-electron chi connectivity index (χ4n) is 2.43. The first kappa shape index (κ1) is 9.78. The number of nitrogens with one attached hydrogen (secondary N) is 2. The van der Waals surface area contributed by atoms with Crippen LogP contribution in [0.2, 0.25) is 0 Å². The van der Waals surface area contributed by atoms with E-state index >= 15 is 0 Å². The van der Waals surface area contributed by atoms with Crippen molar-refractivity contribution in [2.45, 2.75) is 25.8 Å². The average Bonchev–Trinajstić information content (AvgIpc) is 2.73. The van der Waals surface area contributed by atoms with E-state index in [4.69, 9.17) is 0 Å². The maximum absolute atomic E-state index is 4.56. The number of nitrogens with zero attached hydrogens (tertiary/aromatic N) is 2. The molecule has 2 N–H and O–H groups in total. The molecule has 1 fully saturated rings. The van der Waals surface area contributed by atoms with E-state index in [9.17, 15) is 0 Å². The Morgan fingerprint density at radius 2 is 2.38 bits per heavy atom. The molecule has 0 amide bonds. The summed E-state index contributed by atoms with van der Waals surface area (Å²) < 4.78 is 0. The van der Waals surface area contributed by atoms with Crippen LogP contribution < -0.4 is 5.32 Å². The highest BCUT2D eigenvalue weighted by Crippen LogP contribution is 2.27. The van der Waals surface area contributed by atoms with Gasteiger partial charge in [0.1, 0.15) is 5.82 Å². The summed E-state index contributed by atoms with van der Waals surface area (Å²) in [5.74, 6) is 1.66. The Balaban J connectivity index is 1.98. The van der Waals surface area contributed by atoms with E-state index in [0.717, 1.165) is 23.5 Å². The summed E-state index contributed by atoms with van der Waals surface area (Å²) in [4.78, 5) is 12.2. The maximum Gasteiger partial charge on any atom is 0.177 e. The van der Waals surface area contributed by atoms with E-state index in [2.05, 4.69) is 27.2 Å². The molecular formula is C12H16N4. The second-order valence-corrected chi connectivity index (χ2v) is 4.55. The van der Waals surface area contributed by atoms with Crippen molar-refractivity contribution in [1.82, 2.24) is 20.3 Å². The molecule has 0 aliphatic carbocycles. The van der Waals surface area contributed by atoms with Crippen LogP contribution in [0.3, 0.4) is 0 Å². The Bertz CT molecular complexity index is 457. The molecule has 3 rings (SSSR count). The SMILES string of the molecule is CC1CCCNC1c1nc2ncccc2[nH]1. The molecule has 0 bridgehead atoms. The van der Waals surface area contributed by atoms with Crippen molar-refractivity contribution in [2.24, 2.45) is 5.92 Å². The highest BCUT2D eigenvalue weighted by molar-refractivity contribution is 5.70. The summed E-state index contributed by atoms with van der Waals surface area (Å²) in [7, 11) is 0. The molecule has 3 heterocycles. The minimum atomic E-state index is 0.350. The number of fused-ring (bicyclic) bond motifs is 1. The summed E-state index contributed by atoms with van der Waals surface area (Å²) in [6.45, 7) is 3.36. The van der Waals surface area contributed by atoms with Gasteiger partial charge < -0.3 is 10.3 Å². The number of aromatic nitrogens is 3. The third-order valence-corrected chi connectivity index (χ3v) is 3.34. The molecule has 1 saturated heterocycles. The van der Waals surface area contributed by atoms with Gasteiger partial charge in [-0.05, 0) is 37.4 Å². The summed E-state index contributed by atoms with van der Waals surface area (Å²) in [6.07, 6.45) is 4.31. The lowest BCUT2D eigenvalue weighted by Crippen LogP contribution is -2.33. The van der Waals surface area contributed by atoms with Crippen LogP contribution in [-0.2, 0) is 0 Å². The van der Waals surface area contributed by atoms with Crippen molar-refractivity contribution < 1.29 is 0 Å². The van der Waals surface area contributed by atoms with E-state index in [1.54, 1.807) is 6.20 Å². The van der Waals surface area contributed by atoms with E-state index < -0.39 is 0 Å². The van der Waals surface area contributed by atoms with E-state index in [1.165, 1.54) is 12.8 Å². The first-order valence-electron chi connectivity index (χ1n) is 5.88. The minimum Gasteiger partial charge on any atom is -0.339 e. The predicted molar refractivity (Wildman–Crippen MR) is 63.0 cm³/mol. The fourth-order valence-corrected chi connectivity index (χ4v) is 2.43. The van der Waals surface area contributed by atoms with Gasteiger partial charge in [0.15, 0.2) is 5.65 Å². The van der Waals surface area contributed by atoms with Crippen LogP contribution in [0.25, 0.3) is 11.2 Å². The van der Waals surface area contributed by atoms with Crippen LogP contribution >= 0.6 is 0 Å². The van der Waals surface area contributed by atoms with E-state index in [0.29, 0.717) is 12.0 Å². The molecule has 16 heavy (non-hydrogen) atoms. The quantitative estimate of drug-likeness (QED) is 0.766. The van der Waals surface area contributed by atoms with Crippen molar-refractivity contribution in [3.8, 4) is 0 Å². The Labute approximate surface area is 94.5 Å². The standard InChI is InChI=1S/C12H16N4/c1-8-4-2-6-13-10(8)12-15-9-5-3-7-14-11(9)16-12/h3,5,7-8,10,13H,2,4,6H2,1H3,(H,14,15,16). The Morgan fingerprint density at radius 1 is 1.44 bits per heavy atom. The average molecular weight is 216 g/mol. The number of aromatic amines is 1. The summed E-state index contributed by atoms with van der Waals surface area (Å²) in [5.41, 5.74) is 1.84. The molecule has 2 aromatic rings. The van der Waals surface area contributed by atoms with Crippen molar-refractivity contribution in [1.29, 1.82) is 0 Å². The summed E-state index contributed by atoms with van der Waals surface area (Å²) >= 11 is 0. The van der Waals surface area contributed by atoms with Gasteiger partial charge in [-0.1, -0.05) is 6.92 Å². The van der Waals surface area contributed by atoms with E-state index in [-0.39, 0.29) is 0 Å². The highest BCUT2D eigenvalue weighted by Gasteiger charge is 2.25. The molecule has 0 saturated carbocycles. The van der Waals surface area contributed by atoms with E-state index in [1.807, 2.05) is 12.1 Å². The van der Waals surface area contributed by atoms with Gasteiger partial charge in [0.2, 0.25) is 0 Å². The van der Waals surface area contributed by atoms with Crippen LogP contribution in [0.1, 0.15) is 31.6 Å². The predicted octanol–water partition coefficient (Wildman–Crippen LogP) is 2.02. The monoisotopic (exact) mass is 216 g/mol. The Hall–Kier alpha value is -1.42. The van der Waals surface area contributed by atoms with Gasteiger partial charge in [-0.2, -0.15) is 0 Å². The topological polar surface area (TPSA) is 53.6 Å². The van der Waals surface area contributed by atoms with Gasteiger partial charge in [-0.3, -0.25) is 0 Å². The molecule has 0 spiro atoms. The van der Waals surface area contributed by atoms with Crippen molar-refractivity contribution in [3.05, 3.63) is 24.2 Å². The first-order valence-corrected chi connectivity index (χ1v) is 5.88. The number of rotatable bonds is 1. The third-order valence-electron chi connectivity index (χ3n) is 3.34. The molecule has 4 nitrogen and oxygen atoms in total. The largest absolute Gasteiger partial charge is 0.339 e. The highest BCUT2D eigenvalue weighted by atomic mass is 15.1. The summed E-state index contributed by atoms with van der Waals surface area (Å²) in [5, 5.41) is 3.52. The number of hydrogen-bond acceptors (Lipinski definition) is 3. The van der Waals surface area contributed by atoms with Crippen molar-refractivity contribution in [3.63, 3.8) is 0 Å². The Kier molecular flexibility index (Phi) is 2.36. The van der Waals surface area contributed by atoms with Crippen LogP contribution in [0, 0.1) is 5.92 Å². The molecule has 2 aromatic heterocycles. The fraction of sp³-hybridized carbons (Fsp3) is 0.500. The molecule has 2 unspecified atom stereocenters. The molecule has 1 aliphatic heterocycles. The zero-order valence-electron chi connectivity index (χ0n) is 9.40. The zero-order valence-corrected chi connectivity index (χ0v) is 9.40. The second kappa shape index (κ2) is 3.87. The molecule has 2 atom stereocenters. The zero-order chi connectivity index (χ0) is 11.0. The lowest BCUT2D eigenvalue weighted by atomic mass is 9.92. The van der Waals surface area contributed by atoms with Gasteiger partial charge in [-0.25, -0.2) is 9.97 Å². The lowest BCUT2D eigenvalue weighted by Gasteiger charge is -2.28. The molecule has 0 radical (unpaired) electrons. The molecule has 1 aliphatic rings. The molecular weight excluding hydrogens is 200 g/mol. The van der Waals surface area contributed by atoms with Gasteiger partial charge in [0.25, 0.3) is 0 Å². The van der Waals surface area contributed by atoms with Crippen LogP contribution in [0.5, 0.6) is 0 Å². The second-order valence-electron chi connectivity index (χ2n) is 4.55. The van der Waals surface area contributed by atoms with Crippen LogP contribution in [0.15, 0.2) is 18.3 Å². The molecule has 0 aromatic carbocycles. The van der Waals surface area contributed by atoms with Crippen LogP contribution in [-0.4, -0.2) is 21.5 Å². The van der Waals surface area contributed by atoms with Gasteiger partial charge >= 0.3 is 0 Å². The van der Waals surface area contributed by atoms with Gasteiger partial charge in [-0.15, -0.1) is 0 Å². The third kappa shape index (κ3) is 1.59. The van der Waals surface area contributed by atoms with Crippen molar-refractivity contribution >= 4 is 11.2 Å². The summed E-state index contributed by atoms with van der Waals surface area (Å²) in [6, 6.07) is 4.30. The number of piperidine rings is 1.